The molecular weight excluding hydrogens is 300 g/mol. The summed E-state index contributed by atoms with van der Waals surface area (Å²) in [5.74, 6) is -0.265. The topological polar surface area (TPSA) is 75.3 Å². The number of rotatable bonds is 4. The van der Waals surface area contributed by atoms with Crippen LogP contribution in [0, 0.1) is 13.8 Å². The summed E-state index contributed by atoms with van der Waals surface area (Å²) in [7, 11) is -3.73. The summed E-state index contributed by atoms with van der Waals surface area (Å²) in [6.07, 6.45) is 0. The Labute approximate surface area is 130 Å². The Morgan fingerprint density at radius 1 is 1.00 bits per heavy atom. The van der Waals surface area contributed by atoms with Crippen LogP contribution < -0.4 is 10.0 Å². The van der Waals surface area contributed by atoms with Crippen molar-refractivity contribution < 1.29 is 13.2 Å². The average molecular weight is 318 g/mol. The minimum Gasteiger partial charge on any atom is -0.325 e. The molecule has 5 nitrogen and oxygen atoms in total. The molecule has 2 N–H and O–H groups in total. The van der Waals surface area contributed by atoms with E-state index in [0.29, 0.717) is 16.9 Å². The van der Waals surface area contributed by atoms with Gasteiger partial charge in [0.1, 0.15) is 0 Å². The molecular formula is C16H18N2O3S. The Morgan fingerprint density at radius 3 is 2.27 bits per heavy atom. The van der Waals surface area contributed by atoms with E-state index in [4.69, 9.17) is 0 Å². The van der Waals surface area contributed by atoms with Crippen molar-refractivity contribution in [3.63, 3.8) is 0 Å². The Bertz CT molecular complexity index is 814. The number of aryl methyl sites for hydroxylation is 2. The summed E-state index contributed by atoms with van der Waals surface area (Å²) >= 11 is 0. The van der Waals surface area contributed by atoms with E-state index in [0.717, 1.165) is 5.56 Å². The molecule has 0 spiro atoms. The van der Waals surface area contributed by atoms with Gasteiger partial charge >= 0.3 is 0 Å². The molecule has 0 aromatic heterocycles. The van der Waals surface area contributed by atoms with Crippen molar-refractivity contribution in [1.82, 2.24) is 0 Å². The Balaban J connectivity index is 2.41. The molecule has 0 saturated heterocycles. The number of para-hydroxylation sites is 2. The number of nitrogens with one attached hydrogen (secondary N) is 2. The Hall–Kier alpha value is -2.34. The number of hydrogen-bond acceptors (Lipinski definition) is 3. The van der Waals surface area contributed by atoms with Gasteiger partial charge in [0.05, 0.1) is 16.3 Å². The molecule has 0 bridgehead atoms. The lowest BCUT2D eigenvalue weighted by Crippen LogP contribution is -2.16. The van der Waals surface area contributed by atoms with Crippen LogP contribution in [0.25, 0.3) is 0 Å². The van der Waals surface area contributed by atoms with E-state index in [9.17, 15) is 13.2 Å². The molecule has 22 heavy (non-hydrogen) atoms. The van der Waals surface area contributed by atoms with Gasteiger partial charge in [-0.05, 0) is 43.2 Å². The number of anilines is 2. The summed E-state index contributed by atoms with van der Waals surface area (Å²) in [6, 6.07) is 11.9. The summed E-state index contributed by atoms with van der Waals surface area (Å²) in [4.78, 5) is 11.4. The van der Waals surface area contributed by atoms with E-state index in [1.807, 2.05) is 13.0 Å². The van der Waals surface area contributed by atoms with Crippen molar-refractivity contribution in [3.8, 4) is 0 Å². The van der Waals surface area contributed by atoms with E-state index < -0.39 is 10.0 Å². The van der Waals surface area contributed by atoms with Crippen molar-refractivity contribution in [3.05, 3.63) is 53.6 Å². The van der Waals surface area contributed by atoms with Crippen molar-refractivity contribution in [2.75, 3.05) is 10.0 Å². The van der Waals surface area contributed by atoms with Crippen LogP contribution in [0.5, 0.6) is 0 Å². The lowest BCUT2D eigenvalue weighted by atomic mass is 10.2. The first-order valence-electron chi connectivity index (χ1n) is 6.76. The van der Waals surface area contributed by atoms with Crippen LogP contribution in [-0.4, -0.2) is 14.3 Å². The lowest BCUT2D eigenvalue weighted by Gasteiger charge is -2.14. The van der Waals surface area contributed by atoms with Crippen molar-refractivity contribution in [2.45, 2.75) is 25.7 Å². The summed E-state index contributed by atoms with van der Waals surface area (Å²) in [5.41, 5.74) is 2.28. The van der Waals surface area contributed by atoms with Crippen LogP contribution in [0.1, 0.15) is 18.1 Å². The third-order valence-corrected chi connectivity index (χ3v) is 4.62. The molecule has 0 aliphatic heterocycles. The van der Waals surface area contributed by atoms with Crippen LogP contribution in [-0.2, 0) is 14.8 Å². The Kier molecular flexibility index (Phi) is 4.51. The van der Waals surface area contributed by atoms with Gasteiger partial charge in [0, 0.05) is 6.92 Å². The highest BCUT2D eigenvalue weighted by molar-refractivity contribution is 7.92. The highest BCUT2D eigenvalue weighted by Crippen LogP contribution is 2.26. The normalized spacial score (nSPS) is 11.0. The zero-order chi connectivity index (χ0) is 16.3. The van der Waals surface area contributed by atoms with Crippen LogP contribution in [0.2, 0.25) is 0 Å². The van der Waals surface area contributed by atoms with Gasteiger partial charge in [0.25, 0.3) is 10.0 Å². The molecule has 2 aromatic carbocycles. The summed E-state index contributed by atoms with van der Waals surface area (Å²) in [6.45, 7) is 4.95. The van der Waals surface area contributed by atoms with Crippen LogP contribution in [0.3, 0.4) is 0 Å². The monoisotopic (exact) mass is 318 g/mol. The summed E-state index contributed by atoms with van der Waals surface area (Å²) in [5, 5.41) is 2.61. The zero-order valence-electron chi connectivity index (χ0n) is 12.7. The third kappa shape index (κ3) is 3.65. The zero-order valence-corrected chi connectivity index (χ0v) is 13.5. The highest BCUT2D eigenvalue weighted by Gasteiger charge is 2.18. The molecule has 0 fully saturated rings. The van der Waals surface area contributed by atoms with Crippen LogP contribution in [0.15, 0.2) is 47.4 Å². The number of carbonyl (C=O) groups is 1. The molecule has 0 radical (unpaired) electrons. The second-order valence-electron chi connectivity index (χ2n) is 5.10. The van der Waals surface area contributed by atoms with E-state index in [1.165, 1.54) is 6.92 Å². The summed E-state index contributed by atoms with van der Waals surface area (Å²) < 4.78 is 27.7. The van der Waals surface area contributed by atoms with Gasteiger partial charge in [-0.1, -0.05) is 24.3 Å². The SMILES string of the molecule is CC(=O)Nc1ccccc1NS(=O)(=O)c1cc(C)ccc1C. The molecule has 0 saturated carbocycles. The quantitative estimate of drug-likeness (QED) is 0.909. The predicted octanol–water partition coefficient (Wildman–Crippen LogP) is 3.06. The second kappa shape index (κ2) is 6.19. The predicted molar refractivity (Wildman–Crippen MR) is 87.5 cm³/mol. The van der Waals surface area contributed by atoms with E-state index >= 15 is 0 Å². The number of hydrogen-bond donors (Lipinski definition) is 2. The first-order valence-corrected chi connectivity index (χ1v) is 8.24. The standard InChI is InChI=1S/C16H18N2O3S/c1-11-8-9-12(2)16(10-11)22(20,21)18-15-7-5-4-6-14(15)17-13(3)19/h4-10,18H,1-3H3,(H,17,19). The van der Waals surface area contributed by atoms with Gasteiger partial charge in [-0.3, -0.25) is 9.52 Å². The molecule has 6 heteroatoms. The Morgan fingerprint density at radius 2 is 1.64 bits per heavy atom. The number of sulfonamides is 1. The molecule has 0 aliphatic rings. The first-order chi connectivity index (χ1) is 10.3. The fourth-order valence-electron chi connectivity index (χ4n) is 2.07. The second-order valence-corrected chi connectivity index (χ2v) is 6.75. The maximum Gasteiger partial charge on any atom is 0.262 e. The number of carbonyl (C=O) groups excluding carboxylic acids is 1. The molecule has 2 rings (SSSR count). The fraction of sp³-hybridized carbons (Fsp3) is 0.188. The lowest BCUT2D eigenvalue weighted by molar-refractivity contribution is -0.114. The molecule has 116 valence electrons. The van der Waals surface area contributed by atoms with Gasteiger partial charge in [0.2, 0.25) is 5.91 Å². The minimum absolute atomic E-state index is 0.227. The fourth-order valence-corrected chi connectivity index (χ4v) is 3.48. The maximum atomic E-state index is 12.6. The molecule has 0 aliphatic carbocycles. The van der Waals surface area contributed by atoms with E-state index in [2.05, 4.69) is 10.0 Å². The molecule has 0 heterocycles. The maximum absolute atomic E-state index is 12.6. The van der Waals surface area contributed by atoms with Crippen molar-refractivity contribution in [2.24, 2.45) is 0 Å². The molecule has 1 amide bonds. The number of benzene rings is 2. The van der Waals surface area contributed by atoms with Crippen molar-refractivity contribution in [1.29, 1.82) is 0 Å². The molecule has 0 unspecified atom stereocenters. The largest absolute Gasteiger partial charge is 0.325 e. The van der Waals surface area contributed by atoms with Gasteiger partial charge in [-0.2, -0.15) is 0 Å². The first kappa shape index (κ1) is 16.0. The average Bonchev–Trinajstić information content (AvgIpc) is 2.43. The van der Waals surface area contributed by atoms with E-state index in [1.54, 1.807) is 43.3 Å². The van der Waals surface area contributed by atoms with Gasteiger partial charge in [-0.15, -0.1) is 0 Å². The van der Waals surface area contributed by atoms with Gasteiger partial charge in [-0.25, -0.2) is 8.42 Å². The number of amides is 1. The third-order valence-electron chi connectivity index (χ3n) is 3.12. The smallest absolute Gasteiger partial charge is 0.262 e. The van der Waals surface area contributed by atoms with Gasteiger partial charge < -0.3 is 5.32 Å². The molecule has 0 atom stereocenters. The van der Waals surface area contributed by atoms with E-state index in [-0.39, 0.29) is 10.8 Å². The minimum atomic E-state index is -3.73. The highest BCUT2D eigenvalue weighted by atomic mass is 32.2. The van der Waals surface area contributed by atoms with Crippen LogP contribution in [0.4, 0.5) is 11.4 Å². The van der Waals surface area contributed by atoms with Crippen molar-refractivity contribution >= 4 is 27.3 Å². The van der Waals surface area contributed by atoms with Crippen LogP contribution >= 0.6 is 0 Å². The molecule has 2 aromatic rings. The van der Waals surface area contributed by atoms with Gasteiger partial charge in [0.15, 0.2) is 0 Å².